The first-order valence-electron chi connectivity index (χ1n) is 29.9. The fourth-order valence-corrected chi connectivity index (χ4v) is 9.95. The van der Waals surface area contributed by atoms with Crippen LogP contribution in [0.4, 0.5) is 4.79 Å². The molecule has 94 heavy (non-hydrogen) atoms. The van der Waals surface area contributed by atoms with Crippen LogP contribution < -0.4 is 5.32 Å². The van der Waals surface area contributed by atoms with Gasteiger partial charge in [-0.2, -0.15) is 0 Å². The number of hydrogen-bond donors (Lipinski definition) is 2. The van der Waals surface area contributed by atoms with Gasteiger partial charge >= 0.3 is 65.8 Å². The highest BCUT2D eigenvalue weighted by atomic mass is 16.8. The zero-order chi connectivity index (χ0) is 69.4. The Balaban J connectivity index is 1.44. The molecule has 520 valence electrons. The number of nitrogens with one attached hydrogen (secondary N) is 1. The number of benzene rings is 2. The molecule has 3 aliphatic heterocycles. The van der Waals surface area contributed by atoms with Gasteiger partial charge in [0.25, 0.3) is 0 Å². The number of aliphatic carboxylic acids is 1. The molecule has 32 nitrogen and oxygen atoms in total. The van der Waals surface area contributed by atoms with Gasteiger partial charge in [-0.25, -0.2) is 19.2 Å². The number of carboxylic acid groups (broad SMARTS) is 1. The number of rotatable bonds is 31. The van der Waals surface area contributed by atoms with Crippen LogP contribution in [0, 0.1) is 0 Å². The third kappa shape index (κ3) is 23.9. The van der Waals surface area contributed by atoms with Crippen molar-refractivity contribution >= 4 is 71.7 Å². The van der Waals surface area contributed by atoms with Crippen LogP contribution in [0.5, 0.6) is 0 Å². The summed E-state index contributed by atoms with van der Waals surface area (Å²) in [5, 5.41) is 11.9. The molecule has 0 aromatic heterocycles. The van der Waals surface area contributed by atoms with Gasteiger partial charge in [-0.05, 0) is 57.9 Å². The van der Waals surface area contributed by atoms with Crippen LogP contribution in [0.3, 0.4) is 0 Å². The SMILES string of the molecule is COC(=O)[C@H]1O[C@@H](OC[C@H]2O[C@@H](OC[C@H]3O[C@@H](OCCCCCCNC(=O)CN(CCC(=O)O)C(=O)OC(C)(C)C)[C@H](OC(C)=O)[C@@H](OC(C)=O)[C@H]3OC(C)=O)[C@H](OC(C)=O)[C@@H](OC(C)=O)[C@H]2OC(C)=O)[C@H](OC(=O)c2ccccc2)[C@@H](OC(=O)c2ccccc2)[C@@H]1OC. The third-order valence-corrected chi connectivity index (χ3v) is 13.8. The first-order valence-corrected chi connectivity index (χ1v) is 29.9. The molecule has 2 amide bonds. The van der Waals surface area contributed by atoms with Gasteiger partial charge in [-0.3, -0.25) is 43.3 Å². The minimum absolute atomic E-state index is 0.0109. The summed E-state index contributed by atoms with van der Waals surface area (Å²) < 4.78 is 99.7. The van der Waals surface area contributed by atoms with Gasteiger partial charge in [-0.15, -0.1) is 0 Å². The van der Waals surface area contributed by atoms with E-state index in [1.165, 1.54) is 24.3 Å². The van der Waals surface area contributed by atoms with E-state index in [2.05, 4.69) is 5.32 Å². The number of nitrogens with zero attached hydrogens (tertiary/aromatic N) is 1. The van der Waals surface area contributed by atoms with Crippen LogP contribution in [0.2, 0.25) is 0 Å². The molecular formula is C62H82N2O30. The highest BCUT2D eigenvalue weighted by Gasteiger charge is 2.58. The second-order valence-electron chi connectivity index (χ2n) is 22.5. The largest absolute Gasteiger partial charge is 0.481 e. The van der Waals surface area contributed by atoms with Crippen LogP contribution in [-0.4, -0.2) is 233 Å². The van der Waals surface area contributed by atoms with E-state index < -0.39 is 196 Å². The average Bonchev–Trinajstić information content (AvgIpc) is 0.792. The van der Waals surface area contributed by atoms with Crippen molar-refractivity contribution in [2.45, 2.75) is 192 Å². The Kier molecular flexibility index (Phi) is 29.9. The topological polar surface area (TPSA) is 397 Å². The lowest BCUT2D eigenvalue weighted by atomic mass is 9.96. The summed E-state index contributed by atoms with van der Waals surface area (Å²) in [4.78, 5) is 156. The van der Waals surface area contributed by atoms with Crippen LogP contribution in [0.1, 0.15) is 115 Å². The van der Waals surface area contributed by atoms with E-state index in [1.54, 1.807) is 57.2 Å². The van der Waals surface area contributed by atoms with E-state index in [1.807, 2.05) is 0 Å². The van der Waals surface area contributed by atoms with E-state index in [-0.39, 0.29) is 30.8 Å². The zero-order valence-electron chi connectivity index (χ0n) is 53.9. The minimum Gasteiger partial charge on any atom is -0.481 e. The molecule has 0 aliphatic carbocycles. The van der Waals surface area contributed by atoms with E-state index in [9.17, 15) is 62.6 Å². The molecule has 0 saturated carbocycles. The summed E-state index contributed by atoms with van der Waals surface area (Å²) in [6, 6.07) is 15.2. The molecule has 2 aromatic rings. The van der Waals surface area contributed by atoms with Crippen molar-refractivity contribution in [3.05, 3.63) is 71.8 Å². The number of ether oxygens (including phenoxy) is 17. The van der Waals surface area contributed by atoms with Crippen LogP contribution in [0.15, 0.2) is 60.7 Å². The highest BCUT2D eigenvalue weighted by Crippen LogP contribution is 2.36. The fraction of sp³-hybridized carbons (Fsp3) is 0.613. The normalized spacial score (nSPS) is 25.7. The minimum atomic E-state index is -1.95. The number of esters is 9. The van der Waals surface area contributed by atoms with Crippen molar-refractivity contribution in [2.24, 2.45) is 0 Å². The molecule has 0 bridgehead atoms. The standard InChI is InChI=1S/C62H82N2O30/c1-33(65)83-45-41(89-58(52(87-37(5)69)48(45)85-35(3)67)80-29-21-13-12-20-27-63-43(71)30-64(28-26-44(72)73)61(77)94-62(7,8)9)31-81-59-53(88-38(6)70)49(86-36(4)68)46(84-34(2)66)42(90-59)32-82-60-54(92-56(75)40-24-18-15-19-25-40)50(47(78-10)51(93-60)57(76)79-11)91-55(74)39-22-16-14-17-23-39/h14-19,22-25,41-42,45-54,58-60H,12-13,20-21,26-32H2,1-11H3,(H,63,71)(H,72,73)/t41-,42-,45+,46+,47+,48+,49+,50+,51+,52-,53-,54-,58-,59-,60-/m1/s1. The van der Waals surface area contributed by atoms with Gasteiger partial charge in [0.05, 0.1) is 37.9 Å². The van der Waals surface area contributed by atoms with Crippen molar-refractivity contribution in [1.82, 2.24) is 10.2 Å². The van der Waals surface area contributed by atoms with Gasteiger partial charge in [-0.1, -0.05) is 49.2 Å². The first-order chi connectivity index (χ1) is 44.5. The summed E-state index contributed by atoms with van der Waals surface area (Å²) in [5.74, 6) is -10.5. The predicted octanol–water partition coefficient (Wildman–Crippen LogP) is 2.83. The molecule has 0 spiro atoms. The molecule has 5 rings (SSSR count). The number of amides is 2. The lowest BCUT2D eigenvalue weighted by Gasteiger charge is -2.47. The highest BCUT2D eigenvalue weighted by molar-refractivity contribution is 5.90. The van der Waals surface area contributed by atoms with Gasteiger partial charge in [0.1, 0.15) is 30.5 Å². The Labute approximate surface area is 541 Å². The smallest absolute Gasteiger partial charge is 0.410 e. The monoisotopic (exact) mass is 1330 g/mol. The van der Waals surface area contributed by atoms with Gasteiger partial charge in [0, 0.05) is 68.3 Å². The van der Waals surface area contributed by atoms with Crippen molar-refractivity contribution < 1.29 is 143 Å². The summed E-state index contributed by atoms with van der Waals surface area (Å²) in [7, 11) is 2.20. The maximum Gasteiger partial charge on any atom is 0.410 e. The van der Waals surface area contributed by atoms with E-state index in [4.69, 9.17) is 80.5 Å². The zero-order valence-corrected chi connectivity index (χ0v) is 53.9. The summed E-state index contributed by atoms with van der Waals surface area (Å²) in [6.07, 6.45) is -25.5. The lowest BCUT2D eigenvalue weighted by Crippen LogP contribution is -2.66. The maximum absolute atomic E-state index is 14.0. The van der Waals surface area contributed by atoms with Crippen molar-refractivity contribution in [2.75, 3.05) is 53.7 Å². The number of carboxylic acids is 1. The number of carbonyl (C=O) groups excluding carboxylic acids is 11. The molecule has 3 aliphatic rings. The molecule has 2 N–H and O–H groups in total. The number of carbonyl (C=O) groups is 12. The summed E-state index contributed by atoms with van der Waals surface area (Å²) in [6.45, 7) is 8.63. The van der Waals surface area contributed by atoms with Crippen molar-refractivity contribution in [3.8, 4) is 0 Å². The first kappa shape index (κ1) is 76.3. The van der Waals surface area contributed by atoms with Gasteiger partial charge in [0.2, 0.25) is 5.91 Å². The second-order valence-corrected chi connectivity index (χ2v) is 22.5. The molecule has 0 radical (unpaired) electrons. The molecule has 32 heteroatoms. The van der Waals surface area contributed by atoms with Crippen LogP contribution in [0.25, 0.3) is 0 Å². The molecule has 2 aromatic carbocycles. The van der Waals surface area contributed by atoms with Gasteiger partial charge < -0.3 is 90.9 Å². The predicted molar refractivity (Wildman–Crippen MR) is 313 cm³/mol. The summed E-state index contributed by atoms with van der Waals surface area (Å²) in [5.41, 5.74) is -0.856. The third-order valence-electron chi connectivity index (χ3n) is 13.8. The summed E-state index contributed by atoms with van der Waals surface area (Å²) >= 11 is 0. The Morgan fingerprint density at radius 2 is 0.904 bits per heavy atom. The second kappa shape index (κ2) is 36.9. The Bertz CT molecular complexity index is 2900. The quantitative estimate of drug-likeness (QED) is 0.0622. The molecule has 3 saturated heterocycles. The number of methoxy groups -OCH3 is 2. The Morgan fingerprint density at radius 3 is 1.34 bits per heavy atom. The lowest BCUT2D eigenvalue weighted by molar-refractivity contribution is -0.343. The molecule has 3 fully saturated rings. The number of unbranched alkanes of at least 4 members (excludes halogenated alkanes) is 3. The van der Waals surface area contributed by atoms with E-state index in [0.717, 1.165) is 60.7 Å². The van der Waals surface area contributed by atoms with Crippen LogP contribution >= 0.6 is 0 Å². The maximum atomic E-state index is 14.0. The van der Waals surface area contributed by atoms with E-state index >= 15 is 0 Å². The molecule has 3 heterocycles. The average molecular weight is 1340 g/mol. The molecule has 15 atom stereocenters. The Morgan fingerprint density at radius 1 is 0.500 bits per heavy atom. The van der Waals surface area contributed by atoms with Crippen molar-refractivity contribution in [3.63, 3.8) is 0 Å². The van der Waals surface area contributed by atoms with Gasteiger partial charge in [0.15, 0.2) is 73.8 Å². The molecular weight excluding hydrogens is 1250 g/mol. The van der Waals surface area contributed by atoms with Crippen LogP contribution in [-0.2, 0) is 124 Å². The fourth-order valence-electron chi connectivity index (χ4n) is 9.95. The van der Waals surface area contributed by atoms with Crippen molar-refractivity contribution in [1.29, 1.82) is 0 Å². The molecule has 0 unspecified atom stereocenters. The van der Waals surface area contributed by atoms with E-state index in [0.29, 0.717) is 25.7 Å². The number of hydrogen-bond acceptors (Lipinski definition) is 29. The Hall–Kier alpha value is -8.40.